The number of rotatable bonds is 2. The quantitative estimate of drug-likeness (QED) is 0.778. The largest absolute Gasteiger partial charge is 0.354 e. The molecule has 7 heteroatoms. The predicted molar refractivity (Wildman–Crippen MR) is 91.6 cm³/mol. The topological polar surface area (TPSA) is 79.0 Å². The van der Waals surface area contributed by atoms with Crippen LogP contribution < -0.4 is 4.90 Å². The highest BCUT2D eigenvalue weighted by Gasteiger charge is 2.32. The van der Waals surface area contributed by atoms with Gasteiger partial charge >= 0.3 is 0 Å². The van der Waals surface area contributed by atoms with E-state index in [1.807, 2.05) is 18.0 Å². The number of anilines is 1. The van der Waals surface area contributed by atoms with Crippen molar-refractivity contribution in [2.24, 2.45) is 0 Å². The minimum Gasteiger partial charge on any atom is -0.354 e. The standard InChI is InChI=1S/C16H18N4O2S/c1-10-3-4-13-12(7-10)14-15(19-13)16(18-9-17-14)20(2)11-5-6-23(21,22)8-11/h3-4,7,9,11,19H,5-6,8H2,1-2H3. The van der Waals surface area contributed by atoms with Gasteiger partial charge in [-0.25, -0.2) is 18.4 Å². The van der Waals surface area contributed by atoms with E-state index in [1.54, 1.807) is 6.33 Å². The zero-order chi connectivity index (χ0) is 16.2. The summed E-state index contributed by atoms with van der Waals surface area (Å²) < 4.78 is 23.5. The second-order valence-corrected chi connectivity index (χ2v) is 8.49. The lowest BCUT2D eigenvalue weighted by Crippen LogP contribution is -2.33. The maximum atomic E-state index is 11.8. The molecular weight excluding hydrogens is 312 g/mol. The first-order valence-electron chi connectivity index (χ1n) is 7.61. The Labute approximate surface area is 134 Å². The fourth-order valence-corrected chi connectivity index (χ4v) is 5.09. The lowest BCUT2D eigenvalue weighted by molar-refractivity contribution is 0.600. The van der Waals surface area contributed by atoms with E-state index in [4.69, 9.17) is 0 Å². The van der Waals surface area contributed by atoms with Crippen LogP contribution in [0.1, 0.15) is 12.0 Å². The summed E-state index contributed by atoms with van der Waals surface area (Å²) >= 11 is 0. The molecule has 1 saturated heterocycles. The first kappa shape index (κ1) is 14.4. The van der Waals surface area contributed by atoms with Crippen molar-refractivity contribution in [2.75, 3.05) is 23.5 Å². The molecule has 0 aliphatic carbocycles. The Hall–Kier alpha value is -2.15. The van der Waals surface area contributed by atoms with E-state index in [0.717, 1.165) is 27.8 Å². The number of aromatic nitrogens is 3. The van der Waals surface area contributed by atoms with Gasteiger partial charge in [0.25, 0.3) is 0 Å². The van der Waals surface area contributed by atoms with Crippen molar-refractivity contribution in [3.63, 3.8) is 0 Å². The lowest BCUT2D eigenvalue weighted by atomic mass is 10.1. The first-order chi connectivity index (χ1) is 10.9. The minimum absolute atomic E-state index is 0.0359. The van der Waals surface area contributed by atoms with Crippen molar-refractivity contribution in [3.05, 3.63) is 30.1 Å². The third kappa shape index (κ3) is 2.35. The summed E-state index contributed by atoms with van der Waals surface area (Å²) in [4.78, 5) is 14.2. The third-order valence-corrected chi connectivity index (χ3v) is 6.36. The molecule has 1 unspecified atom stereocenters. The summed E-state index contributed by atoms with van der Waals surface area (Å²) in [6.07, 6.45) is 2.19. The fraction of sp³-hybridized carbons (Fsp3) is 0.375. The molecule has 1 aliphatic rings. The Kier molecular flexibility index (Phi) is 3.09. The number of nitrogens with one attached hydrogen (secondary N) is 1. The summed E-state index contributed by atoms with van der Waals surface area (Å²) in [5, 5.41) is 1.07. The van der Waals surface area contributed by atoms with Gasteiger partial charge in [0.2, 0.25) is 0 Å². The molecule has 1 aliphatic heterocycles. The number of hydrogen-bond donors (Lipinski definition) is 1. The number of nitrogens with zero attached hydrogens (tertiary/aromatic N) is 3. The molecule has 3 aromatic rings. The number of aryl methyl sites for hydroxylation is 1. The van der Waals surface area contributed by atoms with Crippen LogP contribution in [0.2, 0.25) is 0 Å². The van der Waals surface area contributed by atoms with Gasteiger partial charge in [0, 0.05) is 24.0 Å². The van der Waals surface area contributed by atoms with Crippen molar-refractivity contribution >= 4 is 37.6 Å². The van der Waals surface area contributed by atoms with E-state index in [-0.39, 0.29) is 17.5 Å². The van der Waals surface area contributed by atoms with Gasteiger partial charge in [-0.2, -0.15) is 0 Å². The maximum Gasteiger partial charge on any atom is 0.156 e. The van der Waals surface area contributed by atoms with Gasteiger partial charge < -0.3 is 9.88 Å². The van der Waals surface area contributed by atoms with E-state index in [1.165, 1.54) is 5.56 Å². The molecule has 0 saturated carbocycles. The predicted octanol–water partition coefficient (Wildman–Crippen LogP) is 2.04. The second-order valence-electron chi connectivity index (χ2n) is 6.26. The van der Waals surface area contributed by atoms with Gasteiger partial charge in [-0.05, 0) is 25.5 Å². The van der Waals surface area contributed by atoms with Crippen molar-refractivity contribution in [1.82, 2.24) is 15.0 Å². The van der Waals surface area contributed by atoms with E-state index in [2.05, 4.69) is 34.0 Å². The molecule has 2 aromatic heterocycles. The van der Waals surface area contributed by atoms with E-state index >= 15 is 0 Å². The van der Waals surface area contributed by atoms with Crippen LogP contribution >= 0.6 is 0 Å². The Balaban J connectivity index is 1.86. The molecule has 1 N–H and O–H groups in total. The molecule has 4 rings (SSSR count). The molecule has 120 valence electrons. The average Bonchev–Trinajstić information content (AvgIpc) is 3.06. The SMILES string of the molecule is Cc1ccc2[nH]c3c(N(C)C4CCS(=O)(=O)C4)ncnc3c2c1. The smallest absolute Gasteiger partial charge is 0.156 e. The Morgan fingerprint density at radius 2 is 2.13 bits per heavy atom. The number of hydrogen-bond acceptors (Lipinski definition) is 5. The number of H-pyrrole nitrogens is 1. The maximum absolute atomic E-state index is 11.8. The molecule has 1 fully saturated rings. The minimum atomic E-state index is -2.93. The summed E-state index contributed by atoms with van der Waals surface area (Å²) in [5.41, 5.74) is 3.93. The molecule has 6 nitrogen and oxygen atoms in total. The molecule has 0 radical (unpaired) electrons. The molecule has 0 spiro atoms. The third-order valence-electron chi connectivity index (χ3n) is 4.61. The Morgan fingerprint density at radius 1 is 1.30 bits per heavy atom. The van der Waals surface area contributed by atoms with E-state index < -0.39 is 9.84 Å². The average molecular weight is 330 g/mol. The highest BCUT2D eigenvalue weighted by molar-refractivity contribution is 7.91. The van der Waals surface area contributed by atoms with Gasteiger partial charge in [-0.1, -0.05) is 11.6 Å². The van der Waals surface area contributed by atoms with Crippen LogP contribution in [-0.2, 0) is 9.84 Å². The van der Waals surface area contributed by atoms with Gasteiger partial charge in [-0.3, -0.25) is 0 Å². The molecule has 0 bridgehead atoms. The monoisotopic (exact) mass is 330 g/mol. The summed E-state index contributed by atoms with van der Waals surface area (Å²) in [5.74, 6) is 1.20. The van der Waals surface area contributed by atoms with Crippen LogP contribution in [0.15, 0.2) is 24.5 Å². The summed E-state index contributed by atoms with van der Waals surface area (Å²) in [6.45, 7) is 2.05. The number of fused-ring (bicyclic) bond motifs is 3. The normalized spacial score (nSPS) is 20.3. The summed E-state index contributed by atoms with van der Waals surface area (Å²) in [7, 11) is -1.02. The number of benzene rings is 1. The zero-order valence-electron chi connectivity index (χ0n) is 13.1. The molecule has 3 heterocycles. The highest BCUT2D eigenvalue weighted by atomic mass is 32.2. The van der Waals surface area contributed by atoms with E-state index in [0.29, 0.717) is 6.42 Å². The van der Waals surface area contributed by atoms with Gasteiger partial charge in [0.15, 0.2) is 15.7 Å². The van der Waals surface area contributed by atoms with Crippen molar-refractivity contribution in [2.45, 2.75) is 19.4 Å². The number of sulfone groups is 1. The molecular formula is C16H18N4O2S. The van der Waals surface area contributed by atoms with Crippen LogP contribution in [-0.4, -0.2) is 48.0 Å². The fourth-order valence-electron chi connectivity index (χ4n) is 3.31. The molecule has 1 atom stereocenters. The van der Waals surface area contributed by atoms with Gasteiger partial charge in [-0.15, -0.1) is 0 Å². The van der Waals surface area contributed by atoms with Crippen molar-refractivity contribution in [1.29, 1.82) is 0 Å². The number of aromatic amines is 1. The van der Waals surface area contributed by atoms with E-state index in [9.17, 15) is 8.42 Å². The second kappa shape index (κ2) is 4.92. The van der Waals surface area contributed by atoms with Crippen molar-refractivity contribution in [3.8, 4) is 0 Å². The zero-order valence-corrected chi connectivity index (χ0v) is 13.9. The highest BCUT2D eigenvalue weighted by Crippen LogP contribution is 2.31. The Morgan fingerprint density at radius 3 is 2.87 bits per heavy atom. The van der Waals surface area contributed by atoms with Crippen LogP contribution in [0.5, 0.6) is 0 Å². The molecule has 0 amide bonds. The Bertz CT molecular complexity index is 1010. The van der Waals surface area contributed by atoms with Gasteiger partial charge in [0.1, 0.15) is 17.4 Å². The van der Waals surface area contributed by atoms with Crippen LogP contribution in [0, 0.1) is 6.92 Å². The van der Waals surface area contributed by atoms with Crippen LogP contribution in [0.3, 0.4) is 0 Å². The van der Waals surface area contributed by atoms with Gasteiger partial charge in [0.05, 0.1) is 11.5 Å². The molecule has 1 aromatic carbocycles. The summed E-state index contributed by atoms with van der Waals surface area (Å²) in [6, 6.07) is 6.16. The van der Waals surface area contributed by atoms with Crippen LogP contribution in [0.4, 0.5) is 5.82 Å². The molecule has 23 heavy (non-hydrogen) atoms. The van der Waals surface area contributed by atoms with Crippen molar-refractivity contribution < 1.29 is 8.42 Å². The first-order valence-corrected chi connectivity index (χ1v) is 9.43. The van der Waals surface area contributed by atoms with Crippen LogP contribution in [0.25, 0.3) is 21.9 Å². The lowest BCUT2D eigenvalue weighted by Gasteiger charge is -2.24.